The lowest BCUT2D eigenvalue weighted by Gasteiger charge is -2.18. The summed E-state index contributed by atoms with van der Waals surface area (Å²) >= 11 is 0. The van der Waals surface area contributed by atoms with Gasteiger partial charge in [0.1, 0.15) is 11.5 Å². The summed E-state index contributed by atoms with van der Waals surface area (Å²) in [6.07, 6.45) is 1.70. The summed E-state index contributed by atoms with van der Waals surface area (Å²) in [6, 6.07) is 21.7. The van der Waals surface area contributed by atoms with Gasteiger partial charge in [0.05, 0.1) is 11.1 Å². The molecule has 4 nitrogen and oxygen atoms in total. The summed E-state index contributed by atoms with van der Waals surface area (Å²) in [6.45, 7) is 6.35. The first kappa shape index (κ1) is 19.6. The van der Waals surface area contributed by atoms with Crippen molar-refractivity contribution in [1.29, 1.82) is 0 Å². The third kappa shape index (κ3) is 4.03. The third-order valence-corrected chi connectivity index (χ3v) is 4.94. The molecule has 30 heavy (non-hydrogen) atoms. The van der Waals surface area contributed by atoms with Gasteiger partial charge in [-0.15, -0.1) is 0 Å². The minimum absolute atomic E-state index is 0.0112. The summed E-state index contributed by atoms with van der Waals surface area (Å²) in [5.74, 6) is 0.310. The number of carbonyl (C=O) groups excluding carboxylic acids is 2. The molecule has 150 valence electrons. The number of Topliss-reactive ketones (excluding diaryl/α,β-unsaturated/α-hetero) is 1. The first-order valence-electron chi connectivity index (χ1n) is 9.77. The highest BCUT2D eigenvalue weighted by Crippen LogP contribution is 2.35. The Hall–Kier alpha value is -3.66. The lowest BCUT2D eigenvalue weighted by Crippen LogP contribution is -2.12. The van der Waals surface area contributed by atoms with Gasteiger partial charge in [-0.25, -0.2) is 4.79 Å². The number of benzene rings is 3. The second-order valence-corrected chi connectivity index (χ2v) is 8.23. The molecule has 0 N–H and O–H groups in total. The van der Waals surface area contributed by atoms with Crippen LogP contribution in [0.1, 0.15) is 52.6 Å². The van der Waals surface area contributed by atoms with Gasteiger partial charge in [-0.2, -0.15) is 0 Å². The van der Waals surface area contributed by atoms with Crippen molar-refractivity contribution >= 4 is 17.8 Å². The van der Waals surface area contributed by atoms with E-state index in [1.807, 2.05) is 42.5 Å². The largest absolute Gasteiger partial charge is 0.452 e. The van der Waals surface area contributed by atoms with E-state index in [1.54, 1.807) is 36.4 Å². The van der Waals surface area contributed by atoms with Crippen LogP contribution in [-0.2, 0) is 5.41 Å². The van der Waals surface area contributed by atoms with E-state index in [2.05, 4.69) is 20.8 Å². The van der Waals surface area contributed by atoms with E-state index in [0.717, 1.165) is 11.1 Å². The SMILES string of the molecule is CC(C)(C)c1ccc(C(=O)Oc2ccc3c(c2)OC(=Cc2ccccc2)C3=O)cc1. The summed E-state index contributed by atoms with van der Waals surface area (Å²) in [5.41, 5.74) is 2.94. The Kier molecular flexibility index (Phi) is 5.00. The molecule has 0 saturated heterocycles. The molecular formula is C26H22O4. The molecule has 4 heteroatoms. The van der Waals surface area contributed by atoms with E-state index in [4.69, 9.17) is 9.47 Å². The number of carbonyl (C=O) groups is 2. The third-order valence-electron chi connectivity index (χ3n) is 4.94. The van der Waals surface area contributed by atoms with Crippen molar-refractivity contribution in [2.75, 3.05) is 0 Å². The fourth-order valence-electron chi connectivity index (χ4n) is 3.20. The summed E-state index contributed by atoms with van der Waals surface area (Å²) < 4.78 is 11.2. The molecule has 0 atom stereocenters. The number of ketones is 1. The number of hydrogen-bond donors (Lipinski definition) is 0. The molecular weight excluding hydrogens is 376 g/mol. The molecule has 0 amide bonds. The number of fused-ring (bicyclic) bond motifs is 1. The number of rotatable bonds is 3. The van der Waals surface area contributed by atoms with Crippen molar-refractivity contribution in [3.05, 3.63) is 101 Å². The number of hydrogen-bond acceptors (Lipinski definition) is 4. The Bertz CT molecular complexity index is 1130. The Balaban J connectivity index is 1.51. The Morgan fingerprint density at radius 3 is 2.30 bits per heavy atom. The lowest BCUT2D eigenvalue weighted by atomic mass is 9.87. The molecule has 0 fully saturated rings. The van der Waals surface area contributed by atoms with Crippen LogP contribution in [0.5, 0.6) is 11.5 Å². The number of esters is 1. The molecule has 0 unspecified atom stereocenters. The fraction of sp³-hybridized carbons (Fsp3) is 0.154. The van der Waals surface area contributed by atoms with Gasteiger partial charge in [0, 0.05) is 6.07 Å². The second kappa shape index (κ2) is 7.64. The molecule has 0 saturated carbocycles. The van der Waals surface area contributed by atoms with E-state index in [9.17, 15) is 9.59 Å². The highest BCUT2D eigenvalue weighted by atomic mass is 16.5. The molecule has 1 aliphatic rings. The van der Waals surface area contributed by atoms with Gasteiger partial charge in [0.25, 0.3) is 0 Å². The zero-order valence-corrected chi connectivity index (χ0v) is 17.1. The second-order valence-electron chi connectivity index (χ2n) is 8.23. The first-order chi connectivity index (χ1) is 14.3. The van der Waals surface area contributed by atoms with Gasteiger partial charge in [-0.1, -0.05) is 63.2 Å². The van der Waals surface area contributed by atoms with Gasteiger partial charge < -0.3 is 9.47 Å². The molecule has 0 spiro atoms. The van der Waals surface area contributed by atoms with Gasteiger partial charge in [-0.05, 0) is 46.9 Å². The molecule has 1 aliphatic heterocycles. The lowest BCUT2D eigenvalue weighted by molar-refractivity contribution is 0.0734. The van der Waals surface area contributed by atoms with Crippen molar-refractivity contribution in [2.45, 2.75) is 26.2 Å². The van der Waals surface area contributed by atoms with Crippen molar-refractivity contribution in [2.24, 2.45) is 0 Å². The van der Waals surface area contributed by atoms with Gasteiger partial charge >= 0.3 is 5.97 Å². The van der Waals surface area contributed by atoms with Crippen molar-refractivity contribution < 1.29 is 19.1 Å². The smallest absolute Gasteiger partial charge is 0.343 e. The normalized spacial score (nSPS) is 14.4. The van der Waals surface area contributed by atoms with Gasteiger partial charge in [0.15, 0.2) is 5.76 Å². The summed E-state index contributed by atoms with van der Waals surface area (Å²) in [5, 5.41) is 0. The van der Waals surface area contributed by atoms with Crippen LogP contribution in [0, 0.1) is 0 Å². The minimum Gasteiger partial charge on any atom is -0.452 e. The Labute approximate surface area is 175 Å². The maximum absolute atomic E-state index is 12.6. The van der Waals surface area contributed by atoms with Crippen LogP contribution in [0.15, 0.2) is 78.6 Å². The summed E-state index contributed by atoms with van der Waals surface area (Å²) in [7, 11) is 0. The summed E-state index contributed by atoms with van der Waals surface area (Å²) in [4.78, 5) is 25.1. The standard InChI is InChI=1S/C26H22O4/c1-26(2,3)19-11-9-18(10-12-19)25(28)29-20-13-14-21-22(16-20)30-23(24(21)27)15-17-7-5-4-6-8-17/h4-16H,1-3H3. The monoisotopic (exact) mass is 398 g/mol. The number of ether oxygens (including phenoxy) is 2. The zero-order valence-electron chi connectivity index (χ0n) is 17.1. The van der Waals surface area contributed by atoms with Crippen LogP contribution in [0.25, 0.3) is 6.08 Å². The Morgan fingerprint density at radius 1 is 0.933 bits per heavy atom. The van der Waals surface area contributed by atoms with E-state index in [1.165, 1.54) is 0 Å². The molecule has 0 aromatic heterocycles. The molecule has 0 radical (unpaired) electrons. The molecule has 3 aromatic rings. The molecule has 4 rings (SSSR count). The average Bonchev–Trinajstić information content (AvgIpc) is 3.03. The predicted octanol–water partition coefficient (Wildman–Crippen LogP) is 5.82. The highest BCUT2D eigenvalue weighted by molar-refractivity contribution is 6.14. The van der Waals surface area contributed by atoms with E-state index < -0.39 is 5.97 Å². The zero-order chi connectivity index (χ0) is 21.3. The topological polar surface area (TPSA) is 52.6 Å². The molecule has 3 aromatic carbocycles. The number of allylic oxidation sites excluding steroid dienone is 1. The minimum atomic E-state index is -0.459. The fourth-order valence-corrected chi connectivity index (χ4v) is 3.20. The van der Waals surface area contributed by atoms with Crippen LogP contribution in [-0.4, -0.2) is 11.8 Å². The molecule has 0 bridgehead atoms. The van der Waals surface area contributed by atoms with Gasteiger partial charge in [-0.3, -0.25) is 4.79 Å². The maximum Gasteiger partial charge on any atom is 0.343 e. The van der Waals surface area contributed by atoms with Crippen LogP contribution in [0.2, 0.25) is 0 Å². The highest BCUT2D eigenvalue weighted by Gasteiger charge is 2.28. The van der Waals surface area contributed by atoms with E-state index >= 15 is 0 Å². The first-order valence-corrected chi connectivity index (χ1v) is 9.77. The van der Waals surface area contributed by atoms with Crippen LogP contribution >= 0.6 is 0 Å². The average molecular weight is 398 g/mol. The quantitative estimate of drug-likeness (QED) is 0.317. The van der Waals surface area contributed by atoms with Gasteiger partial charge in [0.2, 0.25) is 5.78 Å². The van der Waals surface area contributed by atoms with Crippen LogP contribution < -0.4 is 9.47 Å². The maximum atomic E-state index is 12.6. The van der Waals surface area contributed by atoms with Crippen LogP contribution in [0.3, 0.4) is 0 Å². The van der Waals surface area contributed by atoms with E-state index in [0.29, 0.717) is 22.6 Å². The van der Waals surface area contributed by atoms with Crippen molar-refractivity contribution in [1.82, 2.24) is 0 Å². The van der Waals surface area contributed by atoms with Crippen molar-refractivity contribution in [3.63, 3.8) is 0 Å². The predicted molar refractivity (Wildman–Crippen MR) is 116 cm³/mol. The van der Waals surface area contributed by atoms with Crippen LogP contribution in [0.4, 0.5) is 0 Å². The Morgan fingerprint density at radius 2 is 1.63 bits per heavy atom. The van der Waals surface area contributed by atoms with Crippen molar-refractivity contribution in [3.8, 4) is 11.5 Å². The van der Waals surface area contributed by atoms with E-state index in [-0.39, 0.29) is 17.0 Å². The molecule has 1 heterocycles. The molecule has 0 aliphatic carbocycles.